The zero-order chi connectivity index (χ0) is 23.1. The van der Waals surface area contributed by atoms with Gasteiger partial charge in [0.15, 0.2) is 0 Å². The Morgan fingerprint density at radius 3 is 2.69 bits per heavy atom. The number of rotatable bonds is 5. The largest absolute Gasteiger partial charge is 0.481 e. The van der Waals surface area contributed by atoms with E-state index in [1.165, 1.54) is 11.3 Å². The van der Waals surface area contributed by atoms with E-state index >= 15 is 0 Å². The Morgan fingerprint density at radius 1 is 1.22 bits per heavy atom. The van der Waals surface area contributed by atoms with Crippen LogP contribution in [0.25, 0.3) is 10.4 Å². The Bertz CT molecular complexity index is 1160. The number of aryl methyl sites for hydroxylation is 2. The molecule has 0 saturated heterocycles. The van der Waals surface area contributed by atoms with E-state index < -0.39 is 17.0 Å². The number of hydrogen-bond acceptors (Lipinski definition) is 7. The highest BCUT2D eigenvalue weighted by molar-refractivity contribution is 7.15. The molecule has 0 amide bonds. The second-order valence-corrected chi connectivity index (χ2v) is 10.2. The van der Waals surface area contributed by atoms with Crippen LogP contribution in [-0.2, 0) is 10.4 Å². The van der Waals surface area contributed by atoms with Gasteiger partial charge in [-0.3, -0.25) is 4.79 Å². The highest BCUT2D eigenvalue weighted by Crippen LogP contribution is 2.50. The molecule has 4 rings (SSSR count). The van der Waals surface area contributed by atoms with Crippen molar-refractivity contribution in [3.63, 3.8) is 0 Å². The van der Waals surface area contributed by atoms with Gasteiger partial charge in [-0.25, -0.2) is 15.0 Å². The van der Waals surface area contributed by atoms with Crippen molar-refractivity contribution in [3.05, 3.63) is 52.9 Å². The van der Waals surface area contributed by atoms with Crippen LogP contribution in [0.15, 0.2) is 36.7 Å². The number of aliphatic carboxylic acids is 1. The van der Waals surface area contributed by atoms with E-state index in [0.29, 0.717) is 30.2 Å². The summed E-state index contributed by atoms with van der Waals surface area (Å²) in [6.07, 6.45) is 4.70. The summed E-state index contributed by atoms with van der Waals surface area (Å²) >= 11 is 1.46. The molecular weight excluding hydrogens is 424 g/mol. The first-order valence-electron chi connectivity index (χ1n) is 10.7. The maximum absolute atomic E-state index is 11.7. The van der Waals surface area contributed by atoms with Crippen molar-refractivity contribution in [2.75, 3.05) is 5.32 Å². The van der Waals surface area contributed by atoms with Gasteiger partial charge in [0.2, 0.25) is 5.95 Å². The molecule has 0 spiro atoms. The molecule has 1 aliphatic rings. The van der Waals surface area contributed by atoms with Gasteiger partial charge >= 0.3 is 5.97 Å². The fraction of sp³-hybridized carbons (Fsp3) is 0.417. The van der Waals surface area contributed by atoms with Crippen LogP contribution in [0.5, 0.6) is 0 Å². The molecule has 1 saturated carbocycles. The van der Waals surface area contributed by atoms with Gasteiger partial charge in [-0.2, -0.15) is 0 Å². The number of aromatic nitrogens is 3. The molecule has 3 unspecified atom stereocenters. The Hall–Kier alpha value is -2.84. The van der Waals surface area contributed by atoms with Crippen LogP contribution in [0.4, 0.5) is 11.6 Å². The van der Waals surface area contributed by atoms with Gasteiger partial charge in [0, 0.05) is 23.8 Å². The lowest BCUT2D eigenvalue weighted by molar-refractivity contribution is -0.159. The van der Waals surface area contributed by atoms with Crippen molar-refractivity contribution in [1.29, 1.82) is 0 Å². The maximum Gasteiger partial charge on any atom is 0.309 e. The molecule has 1 fully saturated rings. The molecule has 1 aliphatic carbocycles. The fourth-order valence-electron chi connectivity index (χ4n) is 4.32. The summed E-state index contributed by atoms with van der Waals surface area (Å²) in [5.74, 6) is -0.419. The summed E-state index contributed by atoms with van der Waals surface area (Å²) in [5.41, 5.74) is 1.92. The first-order valence-corrected chi connectivity index (χ1v) is 11.5. The third kappa shape index (κ3) is 4.25. The van der Waals surface area contributed by atoms with Gasteiger partial charge in [-0.05, 0) is 75.3 Å². The number of anilines is 2. The molecule has 2 aromatic heterocycles. The lowest BCUT2D eigenvalue weighted by atomic mass is 9.63. The van der Waals surface area contributed by atoms with E-state index in [4.69, 9.17) is 0 Å². The SMILES string of the molecule is Cc1cc(Nc2nccc(C)n2)cc(-c2cnc(C3(O)CCC(C)(C(=O)O)C(C)C3)s2)c1. The number of hydrogen-bond donors (Lipinski definition) is 3. The second-order valence-electron chi connectivity index (χ2n) is 9.12. The molecule has 2 heterocycles. The van der Waals surface area contributed by atoms with E-state index in [9.17, 15) is 15.0 Å². The van der Waals surface area contributed by atoms with Crippen molar-refractivity contribution >= 4 is 28.9 Å². The molecule has 8 heteroatoms. The fourth-order valence-corrected chi connectivity index (χ4v) is 5.35. The molecular formula is C24H28N4O3S. The van der Waals surface area contributed by atoms with Gasteiger partial charge in [-0.1, -0.05) is 13.0 Å². The van der Waals surface area contributed by atoms with Gasteiger partial charge in [0.1, 0.15) is 10.6 Å². The van der Waals surface area contributed by atoms with Crippen LogP contribution < -0.4 is 5.32 Å². The van der Waals surface area contributed by atoms with Crippen LogP contribution in [0.2, 0.25) is 0 Å². The van der Waals surface area contributed by atoms with E-state index in [1.54, 1.807) is 19.3 Å². The quantitative estimate of drug-likeness (QED) is 0.496. The molecule has 0 aliphatic heterocycles. The summed E-state index contributed by atoms with van der Waals surface area (Å²) in [6, 6.07) is 7.97. The monoisotopic (exact) mass is 452 g/mol. The number of benzene rings is 1. The number of aliphatic hydroxyl groups is 1. The Labute approximate surface area is 191 Å². The molecule has 3 atom stereocenters. The van der Waals surface area contributed by atoms with Crippen molar-refractivity contribution in [2.24, 2.45) is 11.3 Å². The summed E-state index contributed by atoms with van der Waals surface area (Å²) in [6.45, 7) is 7.62. The minimum atomic E-state index is -1.10. The number of nitrogens with zero attached hydrogens (tertiary/aromatic N) is 3. The topological polar surface area (TPSA) is 108 Å². The molecule has 168 valence electrons. The molecule has 0 radical (unpaired) electrons. The average Bonchev–Trinajstić information content (AvgIpc) is 3.22. The van der Waals surface area contributed by atoms with Crippen LogP contribution in [0.3, 0.4) is 0 Å². The zero-order valence-corrected chi connectivity index (χ0v) is 19.5. The molecule has 3 aromatic rings. The lowest BCUT2D eigenvalue weighted by Crippen LogP contribution is -2.45. The smallest absolute Gasteiger partial charge is 0.309 e. The van der Waals surface area contributed by atoms with Gasteiger partial charge in [0.05, 0.1) is 10.3 Å². The predicted molar refractivity (Wildman–Crippen MR) is 125 cm³/mol. The van der Waals surface area contributed by atoms with E-state index in [2.05, 4.69) is 26.3 Å². The Balaban J connectivity index is 1.59. The van der Waals surface area contributed by atoms with Crippen molar-refractivity contribution < 1.29 is 15.0 Å². The van der Waals surface area contributed by atoms with E-state index in [-0.39, 0.29) is 5.92 Å². The Morgan fingerprint density at radius 2 is 2.00 bits per heavy atom. The first-order chi connectivity index (χ1) is 15.1. The minimum absolute atomic E-state index is 0.157. The van der Waals surface area contributed by atoms with Crippen molar-refractivity contribution in [2.45, 2.75) is 52.6 Å². The summed E-state index contributed by atoms with van der Waals surface area (Å²) in [5, 5.41) is 24.9. The van der Waals surface area contributed by atoms with Crippen molar-refractivity contribution in [3.8, 4) is 10.4 Å². The summed E-state index contributed by atoms with van der Waals surface area (Å²) in [7, 11) is 0. The van der Waals surface area contributed by atoms with E-state index in [0.717, 1.165) is 27.4 Å². The average molecular weight is 453 g/mol. The number of carboxylic acid groups (broad SMARTS) is 1. The Kier molecular flexibility index (Phi) is 5.77. The van der Waals surface area contributed by atoms with Crippen LogP contribution in [0.1, 0.15) is 49.4 Å². The van der Waals surface area contributed by atoms with Crippen molar-refractivity contribution in [1.82, 2.24) is 15.0 Å². The van der Waals surface area contributed by atoms with Crippen LogP contribution >= 0.6 is 11.3 Å². The summed E-state index contributed by atoms with van der Waals surface area (Å²) < 4.78 is 0. The molecule has 3 N–H and O–H groups in total. The lowest BCUT2D eigenvalue weighted by Gasteiger charge is -2.43. The standard InChI is InChI=1S/C24H28N4O3S/c1-14-9-17(11-18(10-14)28-22-25-8-5-16(3)27-22)19-13-26-20(32-19)24(31)7-6-23(4,21(29)30)15(2)12-24/h5,8-11,13,15,31H,6-7,12H2,1-4H3,(H,29,30)(H,25,27,28). The maximum atomic E-state index is 11.7. The molecule has 7 nitrogen and oxygen atoms in total. The zero-order valence-electron chi connectivity index (χ0n) is 18.7. The number of carbonyl (C=O) groups is 1. The molecule has 0 bridgehead atoms. The van der Waals surface area contributed by atoms with Gasteiger partial charge < -0.3 is 15.5 Å². The minimum Gasteiger partial charge on any atom is -0.481 e. The number of carboxylic acids is 1. The third-order valence-electron chi connectivity index (χ3n) is 6.59. The van der Waals surface area contributed by atoms with Gasteiger partial charge in [-0.15, -0.1) is 11.3 Å². The predicted octanol–water partition coefficient (Wildman–Crippen LogP) is 5.06. The summed E-state index contributed by atoms with van der Waals surface area (Å²) in [4.78, 5) is 25.9. The number of nitrogens with one attached hydrogen (secondary N) is 1. The number of thiazole rings is 1. The van der Waals surface area contributed by atoms with Crippen LogP contribution in [0, 0.1) is 25.2 Å². The highest BCUT2D eigenvalue weighted by Gasteiger charge is 2.50. The molecule has 32 heavy (non-hydrogen) atoms. The van der Waals surface area contributed by atoms with Gasteiger partial charge in [0.25, 0.3) is 0 Å². The normalized spacial score (nSPS) is 25.5. The van der Waals surface area contributed by atoms with Crippen LogP contribution in [-0.4, -0.2) is 31.1 Å². The third-order valence-corrected chi connectivity index (χ3v) is 7.83. The highest BCUT2D eigenvalue weighted by atomic mass is 32.1. The molecule has 1 aromatic carbocycles. The first kappa shape index (κ1) is 22.4. The van der Waals surface area contributed by atoms with E-state index in [1.807, 2.05) is 39.0 Å². The second kappa shape index (κ2) is 8.26.